The van der Waals surface area contributed by atoms with Crippen molar-refractivity contribution in [2.75, 3.05) is 5.32 Å². The Hall–Kier alpha value is -1.79. The summed E-state index contributed by atoms with van der Waals surface area (Å²) in [7, 11) is 0. The molecule has 2 aromatic rings. The van der Waals surface area contributed by atoms with E-state index in [9.17, 15) is 0 Å². The highest BCUT2D eigenvalue weighted by Gasteiger charge is 2.10. The average molecular weight is 214 g/mol. The molecule has 0 fully saturated rings. The number of rotatable bonds is 3. The number of anilines is 1. The maximum Gasteiger partial charge on any atom is 0.149 e. The van der Waals surface area contributed by atoms with Crippen molar-refractivity contribution < 1.29 is 0 Å². The van der Waals surface area contributed by atoms with Crippen molar-refractivity contribution in [1.29, 1.82) is 5.26 Å². The van der Waals surface area contributed by atoms with Crippen molar-refractivity contribution in [3.8, 4) is 6.07 Å². The molecule has 0 spiro atoms. The van der Waals surface area contributed by atoms with Crippen LogP contribution < -0.4 is 5.32 Å². The second-order valence-electron chi connectivity index (χ2n) is 3.09. The van der Waals surface area contributed by atoms with E-state index in [-0.39, 0.29) is 6.04 Å². The first-order chi connectivity index (χ1) is 7.40. The molecule has 2 nitrogen and oxygen atoms in total. The topological polar surface area (TPSA) is 35.8 Å². The van der Waals surface area contributed by atoms with E-state index in [4.69, 9.17) is 5.26 Å². The van der Waals surface area contributed by atoms with Crippen molar-refractivity contribution in [2.45, 2.75) is 6.04 Å². The van der Waals surface area contributed by atoms with E-state index in [1.165, 1.54) is 0 Å². The second-order valence-corrected chi connectivity index (χ2v) is 4.07. The van der Waals surface area contributed by atoms with Crippen LogP contribution in [0.4, 0.5) is 5.69 Å². The lowest BCUT2D eigenvalue weighted by Crippen LogP contribution is -2.06. The highest BCUT2D eigenvalue weighted by Crippen LogP contribution is 2.22. The van der Waals surface area contributed by atoms with Crippen LogP contribution in [0.1, 0.15) is 10.9 Å². The van der Waals surface area contributed by atoms with Gasteiger partial charge >= 0.3 is 0 Å². The minimum atomic E-state index is -0.257. The van der Waals surface area contributed by atoms with Crippen LogP contribution in [0.5, 0.6) is 0 Å². The predicted molar refractivity (Wildman–Crippen MR) is 62.7 cm³/mol. The molecule has 0 aliphatic heterocycles. The number of thiophene rings is 1. The van der Waals surface area contributed by atoms with Gasteiger partial charge in [0.15, 0.2) is 0 Å². The molecule has 0 aliphatic carbocycles. The van der Waals surface area contributed by atoms with Crippen molar-refractivity contribution in [1.82, 2.24) is 0 Å². The highest BCUT2D eigenvalue weighted by molar-refractivity contribution is 7.10. The first-order valence-corrected chi connectivity index (χ1v) is 5.53. The molecule has 0 saturated heterocycles. The van der Waals surface area contributed by atoms with Crippen LogP contribution in [0.25, 0.3) is 0 Å². The molecule has 3 heteroatoms. The molecule has 0 saturated carbocycles. The summed E-state index contributed by atoms with van der Waals surface area (Å²) < 4.78 is 0. The molecule has 1 unspecified atom stereocenters. The zero-order chi connectivity index (χ0) is 10.5. The third-order valence-corrected chi connectivity index (χ3v) is 2.98. The maximum atomic E-state index is 9.05. The summed E-state index contributed by atoms with van der Waals surface area (Å²) in [5, 5.41) is 14.2. The van der Waals surface area contributed by atoms with Gasteiger partial charge in [-0.15, -0.1) is 11.3 Å². The third-order valence-electron chi connectivity index (χ3n) is 2.04. The fourth-order valence-corrected chi connectivity index (χ4v) is 2.04. The number of para-hydroxylation sites is 1. The van der Waals surface area contributed by atoms with Gasteiger partial charge in [-0.25, -0.2) is 0 Å². The van der Waals surface area contributed by atoms with Crippen LogP contribution >= 0.6 is 11.3 Å². The molecule has 0 aliphatic rings. The van der Waals surface area contributed by atoms with Crippen LogP contribution in [0.2, 0.25) is 0 Å². The first kappa shape index (κ1) is 9.75. The zero-order valence-electron chi connectivity index (χ0n) is 8.05. The van der Waals surface area contributed by atoms with Crippen LogP contribution in [0.3, 0.4) is 0 Å². The number of nitrogens with zero attached hydrogens (tertiary/aromatic N) is 1. The molecule has 1 atom stereocenters. The monoisotopic (exact) mass is 214 g/mol. The van der Waals surface area contributed by atoms with Crippen molar-refractivity contribution in [2.24, 2.45) is 0 Å². The Kier molecular flexibility index (Phi) is 3.01. The van der Waals surface area contributed by atoms with E-state index in [0.717, 1.165) is 10.6 Å². The maximum absolute atomic E-state index is 9.05. The minimum absolute atomic E-state index is 0.257. The summed E-state index contributed by atoms with van der Waals surface area (Å²) in [6, 6.07) is 15.7. The molecule has 15 heavy (non-hydrogen) atoms. The number of nitriles is 1. The van der Waals surface area contributed by atoms with Crippen molar-refractivity contribution >= 4 is 17.0 Å². The Morgan fingerprint density at radius 1 is 1.13 bits per heavy atom. The fraction of sp³-hybridized carbons (Fsp3) is 0.0833. The van der Waals surface area contributed by atoms with Gasteiger partial charge in [-0.2, -0.15) is 5.26 Å². The molecule has 2 rings (SSSR count). The van der Waals surface area contributed by atoms with Gasteiger partial charge in [-0.05, 0) is 23.6 Å². The van der Waals surface area contributed by atoms with Gasteiger partial charge in [0.1, 0.15) is 6.04 Å². The summed E-state index contributed by atoms with van der Waals surface area (Å²) in [4.78, 5) is 1.04. The van der Waals surface area contributed by atoms with Gasteiger partial charge in [-0.1, -0.05) is 24.3 Å². The highest BCUT2D eigenvalue weighted by atomic mass is 32.1. The quantitative estimate of drug-likeness (QED) is 0.849. The molecule has 0 bridgehead atoms. The summed E-state index contributed by atoms with van der Waals surface area (Å²) in [5.41, 5.74) is 0.970. The predicted octanol–water partition coefficient (Wildman–Crippen LogP) is 3.42. The lowest BCUT2D eigenvalue weighted by molar-refractivity contribution is 1.03. The minimum Gasteiger partial charge on any atom is -0.366 e. The normalized spacial score (nSPS) is 11.7. The van der Waals surface area contributed by atoms with E-state index in [0.29, 0.717) is 0 Å². The third kappa shape index (κ3) is 2.36. The lowest BCUT2D eigenvalue weighted by Gasteiger charge is -2.10. The van der Waals surface area contributed by atoms with Crippen LogP contribution in [-0.4, -0.2) is 0 Å². The molecule has 1 heterocycles. The van der Waals surface area contributed by atoms with E-state index in [1.807, 2.05) is 47.8 Å². The lowest BCUT2D eigenvalue weighted by atomic mass is 10.2. The van der Waals surface area contributed by atoms with Gasteiger partial charge in [0.05, 0.1) is 6.07 Å². The van der Waals surface area contributed by atoms with E-state index in [1.54, 1.807) is 11.3 Å². The van der Waals surface area contributed by atoms with E-state index < -0.39 is 0 Å². The van der Waals surface area contributed by atoms with Gasteiger partial charge in [0.25, 0.3) is 0 Å². The molecule has 74 valence electrons. The Morgan fingerprint density at radius 2 is 1.93 bits per heavy atom. The molecule has 1 aromatic heterocycles. The summed E-state index contributed by atoms with van der Waals surface area (Å²) >= 11 is 1.59. The summed E-state index contributed by atoms with van der Waals surface area (Å²) in [5.74, 6) is 0. The van der Waals surface area contributed by atoms with E-state index >= 15 is 0 Å². The summed E-state index contributed by atoms with van der Waals surface area (Å²) in [6.45, 7) is 0. The Labute approximate surface area is 92.8 Å². The van der Waals surface area contributed by atoms with Gasteiger partial charge < -0.3 is 5.32 Å². The SMILES string of the molecule is N#CC(Nc1ccccc1)c1cccs1. The molecule has 0 amide bonds. The molecule has 1 aromatic carbocycles. The van der Waals surface area contributed by atoms with Gasteiger partial charge in [0, 0.05) is 10.6 Å². The molecular weight excluding hydrogens is 204 g/mol. The molecule has 1 N–H and O–H groups in total. The molecule has 0 radical (unpaired) electrons. The number of benzene rings is 1. The number of nitrogens with one attached hydrogen (secondary N) is 1. The zero-order valence-corrected chi connectivity index (χ0v) is 8.87. The van der Waals surface area contributed by atoms with Crippen LogP contribution in [0, 0.1) is 11.3 Å². The van der Waals surface area contributed by atoms with Crippen molar-refractivity contribution in [3.63, 3.8) is 0 Å². The largest absolute Gasteiger partial charge is 0.366 e. The van der Waals surface area contributed by atoms with Gasteiger partial charge in [0.2, 0.25) is 0 Å². The Balaban J connectivity index is 2.14. The summed E-state index contributed by atoms with van der Waals surface area (Å²) in [6.07, 6.45) is 0. The van der Waals surface area contributed by atoms with Crippen LogP contribution in [-0.2, 0) is 0 Å². The number of hydrogen-bond acceptors (Lipinski definition) is 3. The molecular formula is C12H10N2S. The fourth-order valence-electron chi connectivity index (χ4n) is 1.32. The Morgan fingerprint density at radius 3 is 2.53 bits per heavy atom. The Bertz CT molecular complexity index is 442. The standard InChI is InChI=1S/C12H10N2S/c13-9-11(12-7-4-8-15-12)14-10-5-2-1-3-6-10/h1-8,11,14H. The number of hydrogen-bond donors (Lipinski definition) is 1. The average Bonchev–Trinajstić information content (AvgIpc) is 2.81. The second kappa shape index (κ2) is 4.63. The van der Waals surface area contributed by atoms with Crippen molar-refractivity contribution in [3.05, 3.63) is 52.7 Å². The first-order valence-electron chi connectivity index (χ1n) is 4.65. The smallest absolute Gasteiger partial charge is 0.149 e. The van der Waals surface area contributed by atoms with Gasteiger partial charge in [-0.3, -0.25) is 0 Å². The van der Waals surface area contributed by atoms with Crippen LogP contribution in [0.15, 0.2) is 47.8 Å². The van der Waals surface area contributed by atoms with E-state index in [2.05, 4.69) is 11.4 Å².